The van der Waals surface area contributed by atoms with Gasteiger partial charge in [-0.15, -0.1) is 0 Å². The summed E-state index contributed by atoms with van der Waals surface area (Å²) in [6, 6.07) is 4.82. The summed E-state index contributed by atoms with van der Waals surface area (Å²) in [6.07, 6.45) is 0. The molecule has 0 heterocycles. The third-order valence-electron chi connectivity index (χ3n) is 2.25. The van der Waals surface area contributed by atoms with E-state index in [2.05, 4.69) is 0 Å². The largest absolute Gasteiger partial charge is 0.508 e. The molecule has 4 N–H and O–H groups in total. The molecule has 0 aliphatic rings. The number of rotatable bonds is 3. The monoisotopic (exact) mass is 195 g/mol. The van der Waals surface area contributed by atoms with Crippen molar-refractivity contribution in [2.45, 2.75) is 25.8 Å². The van der Waals surface area contributed by atoms with Gasteiger partial charge in [0.1, 0.15) is 5.75 Å². The van der Waals surface area contributed by atoms with Crippen molar-refractivity contribution < 1.29 is 10.2 Å². The number of hydrogen-bond acceptors (Lipinski definition) is 3. The van der Waals surface area contributed by atoms with Crippen molar-refractivity contribution in [1.82, 2.24) is 0 Å². The van der Waals surface area contributed by atoms with E-state index in [1.165, 1.54) is 0 Å². The van der Waals surface area contributed by atoms with Crippen LogP contribution in [-0.2, 0) is 0 Å². The molecule has 0 saturated carbocycles. The molecular weight excluding hydrogens is 178 g/mol. The Bertz CT molecular complexity index is 310. The third kappa shape index (κ3) is 2.47. The van der Waals surface area contributed by atoms with E-state index in [1.807, 2.05) is 19.9 Å². The second-order valence-electron chi connectivity index (χ2n) is 3.80. The maximum Gasteiger partial charge on any atom is 0.116 e. The average molecular weight is 195 g/mol. The van der Waals surface area contributed by atoms with Crippen molar-refractivity contribution in [2.75, 3.05) is 6.61 Å². The minimum atomic E-state index is -0.417. The molecule has 0 radical (unpaired) electrons. The van der Waals surface area contributed by atoms with E-state index in [4.69, 9.17) is 10.8 Å². The molecule has 1 aromatic carbocycles. The minimum Gasteiger partial charge on any atom is -0.508 e. The molecule has 14 heavy (non-hydrogen) atoms. The molecular formula is C11H17NO2. The van der Waals surface area contributed by atoms with Crippen LogP contribution in [0.3, 0.4) is 0 Å². The van der Waals surface area contributed by atoms with E-state index in [0.717, 1.165) is 11.1 Å². The van der Waals surface area contributed by atoms with Crippen LogP contribution < -0.4 is 5.73 Å². The summed E-state index contributed by atoms with van der Waals surface area (Å²) >= 11 is 0. The van der Waals surface area contributed by atoms with Gasteiger partial charge in [-0.05, 0) is 29.2 Å². The van der Waals surface area contributed by atoms with Gasteiger partial charge in [0.2, 0.25) is 0 Å². The van der Waals surface area contributed by atoms with Crippen LogP contribution in [0, 0.1) is 0 Å². The first-order chi connectivity index (χ1) is 6.54. The molecule has 0 amide bonds. The van der Waals surface area contributed by atoms with Gasteiger partial charge in [0, 0.05) is 0 Å². The highest BCUT2D eigenvalue weighted by molar-refractivity contribution is 5.36. The van der Waals surface area contributed by atoms with Gasteiger partial charge in [-0.25, -0.2) is 0 Å². The Morgan fingerprint density at radius 1 is 1.21 bits per heavy atom. The first-order valence-corrected chi connectivity index (χ1v) is 4.75. The number of phenols is 1. The van der Waals surface area contributed by atoms with Gasteiger partial charge >= 0.3 is 0 Å². The third-order valence-corrected chi connectivity index (χ3v) is 2.25. The lowest BCUT2D eigenvalue weighted by atomic mass is 9.98. The highest BCUT2D eigenvalue weighted by Gasteiger charge is 2.08. The molecule has 1 aromatic rings. The summed E-state index contributed by atoms with van der Waals surface area (Å²) in [5, 5.41) is 18.4. The summed E-state index contributed by atoms with van der Waals surface area (Å²) in [6.45, 7) is 3.98. The molecule has 3 heteroatoms. The van der Waals surface area contributed by atoms with Crippen molar-refractivity contribution in [3.05, 3.63) is 29.3 Å². The Kier molecular flexibility index (Phi) is 3.49. The van der Waals surface area contributed by atoms with Gasteiger partial charge < -0.3 is 15.9 Å². The lowest BCUT2D eigenvalue weighted by Gasteiger charge is -2.13. The number of aliphatic hydroxyl groups excluding tert-OH is 1. The molecule has 1 rings (SSSR count). The van der Waals surface area contributed by atoms with Crippen molar-refractivity contribution in [3.63, 3.8) is 0 Å². The quantitative estimate of drug-likeness (QED) is 0.684. The highest BCUT2D eigenvalue weighted by atomic mass is 16.3. The predicted molar refractivity (Wildman–Crippen MR) is 56.2 cm³/mol. The SMILES string of the molecule is CC(C)c1cc(O)cc(C(N)CO)c1. The van der Waals surface area contributed by atoms with Crippen LogP contribution >= 0.6 is 0 Å². The molecule has 0 aliphatic carbocycles. The predicted octanol–water partition coefficient (Wildman–Crippen LogP) is 1.51. The van der Waals surface area contributed by atoms with Gasteiger partial charge in [-0.1, -0.05) is 19.9 Å². The molecule has 1 unspecified atom stereocenters. The fourth-order valence-electron chi connectivity index (χ4n) is 1.31. The zero-order chi connectivity index (χ0) is 10.7. The van der Waals surface area contributed by atoms with Gasteiger partial charge in [0.05, 0.1) is 12.6 Å². The van der Waals surface area contributed by atoms with Crippen molar-refractivity contribution >= 4 is 0 Å². The van der Waals surface area contributed by atoms with Gasteiger partial charge in [0.25, 0.3) is 0 Å². The zero-order valence-electron chi connectivity index (χ0n) is 8.57. The molecule has 0 saturated heterocycles. The van der Waals surface area contributed by atoms with Gasteiger partial charge in [-0.2, -0.15) is 0 Å². The Morgan fingerprint density at radius 3 is 2.29 bits per heavy atom. The number of aliphatic hydroxyl groups is 1. The van der Waals surface area contributed by atoms with E-state index in [1.54, 1.807) is 12.1 Å². The first-order valence-electron chi connectivity index (χ1n) is 4.75. The second-order valence-corrected chi connectivity index (χ2v) is 3.80. The Morgan fingerprint density at radius 2 is 1.79 bits per heavy atom. The highest BCUT2D eigenvalue weighted by Crippen LogP contribution is 2.24. The lowest BCUT2D eigenvalue weighted by Crippen LogP contribution is -2.14. The fraction of sp³-hybridized carbons (Fsp3) is 0.455. The zero-order valence-corrected chi connectivity index (χ0v) is 8.57. The topological polar surface area (TPSA) is 66.5 Å². The molecule has 78 valence electrons. The number of hydrogen-bond donors (Lipinski definition) is 3. The molecule has 1 atom stereocenters. The number of nitrogens with two attached hydrogens (primary N) is 1. The van der Waals surface area contributed by atoms with Crippen LogP contribution in [-0.4, -0.2) is 16.8 Å². The van der Waals surface area contributed by atoms with Gasteiger partial charge in [-0.3, -0.25) is 0 Å². The average Bonchev–Trinajstić information content (AvgIpc) is 2.15. The van der Waals surface area contributed by atoms with E-state index in [-0.39, 0.29) is 12.4 Å². The van der Waals surface area contributed by atoms with Crippen LogP contribution in [0.5, 0.6) is 5.75 Å². The lowest BCUT2D eigenvalue weighted by molar-refractivity contribution is 0.267. The van der Waals surface area contributed by atoms with E-state index >= 15 is 0 Å². The summed E-state index contributed by atoms with van der Waals surface area (Å²) in [5.41, 5.74) is 7.48. The van der Waals surface area contributed by atoms with Gasteiger partial charge in [0.15, 0.2) is 0 Å². The Balaban J connectivity index is 3.07. The Labute approximate surface area is 84.2 Å². The normalized spacial score (nSPS) is 13.2. The summed E-state index contributed by atoms with van der Waals surface area (Å²) in [5.74, 6) is 0.543. The Hall–Kier alpha value is -1.06. The fourth-order valence-corrected chi connectivity index (χ4v) is 1.31. The smallest absolute Gasteiger partial charge is 0.116 e. The number of aromatic hydroxyl groups is 1. The van der Waals surface area contributed by atoms with E-state index < -0.39 is 6.04 Å². The number of benzene rings is 1. The minimum absolute atomic E-state index is 0.110. The standard InChI is InChI=1S/C11H17NO2/c1-7(2)8-3-9(11(12)6-13)5-10(14)4-8/h3-5,7,11,13-14H,6,12H2,1-2H3. The molecule has 0 bridgehead atoms. The van der Waals surface area contributed by atoms with Crippen molar-refractivity contribution in [2.24, 2.45) is 5.73 Å². The maximum atomic E-state index is 9.45. The van der Waals surface area contributed by atoms with Crippen LogP contribution in [0.15, 0.2) is 18.2 Å². The van der Waals surface area contributed by atoms with E-state index in [9.17, 15) is 5.11 Å². The summed E-state index contributed by atoms with van der Waals surface area (Å²) < 4.78 is 0. The summed E-state index contributed by atoms with van der Waals surface area (Å²) in [7, 11) is 0. The molecule has 0 spiro atoms. The van der Waals surface area contributed by atoms with Crippen LogP contribution in [0.1, 0.15) is 36.9 Å². The summed E-state index contributed by atoms with van der Waals surface area (Å²) in [4.78, 5) is 0. The van der Waals surface area contributed by atoms with Crippen LogP contribution in [0.2, 0.25) is 0 Å². The van der Waals surface area contributed by atoms with Crippen LogP contribution in [0.4, 0.5) is 0 Å². The number of phenolic OH excluding ortho intramolecular Hbond substituents is 1. The second kappa shape index (κ2) is 4.44. The molecule has 3 nitrogen and oxygen atoms in total. The van der Waals surface area contributed by atoms with Crippen molar-refractivity contribution in [3.8, 4) is 5.75 Å². The van der Waals surface area contributed by atoms with Crippen LogP contribution in [0.25, 0.3) is 0 Å². The maximum absolute atomic E-state index is 9.45. The first kappa shape index (κ1) is 11.0. The molecule has 0 fully saturated rings. The molecule has 0 aliphatic heterocycles. The van der Waals surface area contributed by atoms with E-state index in [0.29, 0.717) is 5.92 Å². The molecule has 0 aromatic heterocycles. The van der Waals surface area contributed by atoms with Crippen molar-refractivity contribution in [1.29, 1.82) is 0 Å².